The van der Waals surface area contributed by atoms with Crippen molar-refractivity contribution in [2.24, 2.45) is 0 Å². The van der Waals surface area contributed by atoms with Crippen molar-refractivity contribution >= 4 is 36.4 Å². The molecule has 0 atom stereocenters. The first-order chi connectivity index (χ1) is 9.24. The van der Waals surface area contributed by atoms with Crippen LogP contribution < -0.4 is 10.6 Å². The van der Waals surface area contributed by atoms with Gasteiger partial charge < -0.3 is 15.2 Å². The van der Waals surface area contributed by atoms with Crippen molar-refractivity contribution in [3.8, 4) is 11.4 Å². The predicted octanol–water partition coefficient (Wildman–Crippen LogP) is 1.97. The van der Waals surface area contributed by atoms with Crippen LogP contribution in [0.3, 0.4) is 0 Å². The van der Waals surface area contributed by atoms with Gasteiger partial charge >= 0.3 is 0 Å². The first-order valence-electron chi connectivity index (χ1n) is 6.17. The van der Waals surface area contributed by atoms with Crippen LogP contribution >= 0.6 is 24.8 Å². The van der Waals surface area contributed by atoms with Crippen LogP contribution in [0.5, 0.6) is 0 Å². The van der Waals surface area contributed by atoms with E-state index in [1.165, 1.54) is 0 Å². The number of halogens is 2. The van der Waals surface area contributed by atoms with E-state index in [4.69, 9.17) is 0 Å². The second-order valence-electron chi connectivity index (χ2n) is 4.10. The fourth-order valence-corrected chi connectivity index (χ4v) is 1.81. The summed E-state index contributed by atoms with van der Waals surface area (Å²) >= 11 is 0. The second kappa shape index (κ2) is 9.33. The van der Waals surface area contributed by atoms with Gasteiger partial charge in [0.25, 0.3) is 0 Å². The molecule has 0 bridgehead atoms. The van der Waals surface area contributed by atoms with E-state index >= 15 is 0 Å². The molecule has 0 aliphatic heterocycles. The lowest BCUT2D eigenvalue weighted by molar-refractivity contribution is -0.115. The molecular formula is C13H19Cl2N5O. The quantitative estimate of drug-likeness (QED) is 0.878. The van der Waals surface area contributed by atoms with Crippen molar-refractivity contribution in [3.63, 3.8) is 0 Å². The maximum absolute atomic E-state index is 11.5. The molecule has 21 heavy (non-hydrogen) atoms. The number of hydrogen-bond acceptors (Lipinski definition) is 4. The number of aryl methyl sites for hydroxylation is 1. The van der Waals surface area contributed by atoms with Crippen LogP contribution in [0.2, 0.25) is 0 Å². The maximum Gasteiger partial charge on any atom is 0.238 e. The Morgan fingerprint density at radius 3 is 2.76 bits per heavy atom. The molecule has 0 radical (unpaired) electrons. The summed E-state index contributed by atoms with van der Waals surface area (Å²) in [5, 5.41) is 13.6. The number of aromatic nitrogens is 3. The molecular weight excluding hydrogens is 313 g/mol. The summed E-state index contributed by atoms with van der Waals surface area (Å²) < 4.78 is 1.95. The number of nitrogens with one attached hydrogen (secondary N) is 2. The fourth-order valence-electron chi connectivity index (χ4n) is 1.81. The van der Waals surface area contributed by atoms with E-state index in [0.717, 1.165) is 23.6 Å². The normalized spacial score (nSPS) is 9.43. The van der Waals surface area contributed by atoms with E-state index in [1.54, 1.807) is 13.4 Å². The Morgan fingerprint density at radius 2 is 2.10 bits per heavy atom. The summed E-state index contributed by atoms with van der Waals surface area (Å²) in [5.41, 5.74) is 1.69. The number of amides is 1. The van der Waals surface area contributed by atoms with Crippen molar-refractivity contribution in [1.29, 1.82) is 0 Å². The van der Waals surface area contributed by atoms with Crippen LogP contribution in [0.4, 0.5) is 5.69 Å². The molecule has 1 amide bonds. The predicted molar refractivity (Wildman–Crippen MR) is 88.2 cm³/mol. The highest BCUT2D eigenvalue weighted by atomic mass is 35.5. The van der Waals surface area contributed by atoms with Gasteiger partial charge in [0.05, 0.1) is 6.54 Å². The van der Waals surface area contributed by atoms with Crippen molar-refractivity contribution in [1.82, 2.24) is 20.1 Å². The number of carbonyl (C=O) groups is 1. The Balaban J connectivity index is 0.00000200. The van der Waals surface area contributed by atoms with Gasteiger partial charge in [0.2, 0.25) is 5.91 Å². The minimum Gasteiger partial charge on any atom is -0.325 e. The van der Waals surface area contributed by atoms with Gasteiger partial charge in [0, 0.05) is 17.8 Å². The minimum atomic E-state index is -0.0726. The molecule has 0 unspecified atom stereocenters. The van der Waals surface area contributed by atoms with Crippen LogP contribution in [-0.4, -0.2) is 34.3 Å². The molecule has 0 saturated carbocycles. The zero-order valence-corrected chi connectivity index (χ0v) is 13.5. The maximum atomic E-state index is 11.5. The van der Waals surface area contributed by atoms with Gasteiger partial charge in [0.15, 0.2) is 5.82 Å². The van der Waals surface area contributed by atoms with Crippen LogP contribution in [0.1, 0.15) is 6.92 Å². The third-order valence-electron chi connectivity index (χ3n) is 2.70. The number of nitrogens with zero attached hydrogens (tertiary/aromatic N) is 3. The van der Waals surface area contributed by atoms with E-state index in [9.17, 15) is 4.79 Å². The van der Waals surface area contributed by atoms with Gasteiger partial charge in [-0.2, -0.15) is 0 Å². The van der Waals surface area contributed by atoms with Crippen LogP contribution in [0.25, 0.3) is 11.4 Å². The molecule has 1 aromatic carbocycles. The molecule has 1 heterocycles. The Labute approximate surface area is 136 Å². The molecule has 0 spiro atoms. The highest BCUT2D eigenvalue weighted by Gasteiger charge is 2.07. The third kappa shape index (κ3) is 5.00. The lowest BCUT2D eigenvalue weighted by Crippen LogP contribution is -2.25. The molecule has 116 valence electrons. The second-order valence-corrected chi connectivity index (χ2v) is 4.10. The Bertz CT molecular complexity index is 573. The number of anilines is 1. The van der Waals surface area contributed by atoms with Gasteiger partial charge in [-0.25, -0.2) is 0 Å². The standard InChI is InChI=1S/C13H17N5O.2ClH/c1-3-18-9-15-17-13(18)10-5-4-6-11(7-10)16-12(19)8-14-2;;/h4-7,9,14H,3,8H2,1-2H3,(H,16,19);2*1H. The summed E-state index contributed by atoms with van der Waals surface area (Å²) in [7, 11) is 1.74. The average molecular weight is 332 g/mol. The first kappa shape index (κ1) is 19.4. The van der Waals surface area contributed by atoms with Gasteiger partial charge in [-0.1, -0.05) is 12.1 Å². The zero-order valence-electron chi connectivity index (χ0n) is 11.9. The van der Waals surface area contributed by atoms with Gasteiger partial charge in [-0.05, 0) is 26.1 Å². The lowest BCUT2D eigenvalue weighted by Gasteiger charge is -2.07. The summed E-state index contributed by atoms with van der Waals surface area (Å²) in [6, 6.07) is 7.58. The van der Waals surface area contributed by atoms with Crippen LogP contribution in [0.15, 0.2) is 30.6 Å². The molecule has 0 aliphatic rings. The Kier molecular flexibility index (Phi) is 8.61. The fraction of sp³-hybridized carbons (Fsp3) is 0.308. The molecule has 0 fully saturated rings. The molecule has 6 nitrogen and oxygen atoms in total. The minimum absolute atomic E-state index is 0. The van der Waals surface area contributed by atoms with Crippen LogP contribution in [-0.2, 0) is 11.3 Å². The number of carbonyl (C=O) groups excluding carboxylic acids is 1. The number of likely N-dealkylation sites (N-methyl/N-ethyl adjacent to an activating group) is 1. The number of rotatable bonds is 5. The molecule has 2 N–H and O–H groups in total. The van der Waals surface area contributed by atoms with Crippen molar-refractivity contribution < 1.29 is 4.79 Å². The summed E-state index contributed by atoms with van der Waals surface area (Å²) in [4.78, 5) is 11.5. The number of benzene rings is 1. The van der Waals surface area contributed by atoms with Crippen LogP contribution in [0, 0.1) is 0 Å². The monoisotopic (exact) mass is 331 g/mol. The third-order valence-corrected chi connectivity index (χ3v) is 2.70. The molecule has 2 rings (SSSR count). The highest BCUT2D eigenvalue weighted by molar-refractivity contribution is 5.92. The highest BCUT2D eigenvalue weighted by Crippen LogP contribution is 2.20. The number of hydrogen-bond donors (Lipinski definition) is 2. The summed E-state index contributed by atoms with van der Waals surface area (Å²) in [6.45, 7) is 3.12. The van der Waals surface area contributed by atoms with Crippen molar-refractivity contribution in [2.45, 2.75) is 13.5 Å². The molecule has 8 heteroatoms. The lowest BCUT2D eigenvalue weighted by atomic mass is 10.2. The molecule has 1 aromatic heterocycles. The van der Waals surface area contributed by atoms with E-state index in [1.807, 2.05) is 35.8 Å². The molecule has 0 aliphatic carbocycles. The van der Waals surface area contributed by atoms with E-state index in [-0.39, 0.29) is 37.3 Å². The molecule has 0 saturated heterocycles. The van der Waals surface area contributed by atoms with E-state index in [0.29, 0.717) is 0 Å². The summed E-state index contributed by atoms with van der Waals surface area (Å²) in [5.74, 6) is 0.726. The summed E-state index contributed by atoms with van der Waals surface area (Å²) in [6.07, 6.45) is 1.70. The van der Waals surface area contributed by atoms with Gasteiger partial charge in [-0.15, -0.1) is 35.0 Å². The largest absolute Gasteiger partial charge is 0.325 e. The Morgan fingerprint density at radius 1 is 1.33 bits per heavy atom. The molecule has 2 aromatic rings. The first-order valence-corrected chi connectivity index (χ1v) is 6.17. The smallest absolute Gasteiger partial charge is 0.238 e. The SMILES string of the molecule is CCn1cnnc1-c1cccc(NC(=O)CNC)c1.Cl.Cl. The average Bonchev–Trinajstić information content (AvgIpc) is 2.87. The van der Waals surface area contributed by atoms with Crippen molar-refractivity contribution in [3.05, 3.63) is 30.6 Å². The van der Waals surface area contributed by atoms with E-state index < -0.39 is 0 Å². The van der Waals surface area contributed by atoms with Gasteiger partial charge in [0.1, 0.15) is 6.33 Å². The van der Waals surface area contributed by atoms with E-state index in [2.05, 4.69) is 20.8 Å². The topological polar surface area (TPSA) is 71.8 Å². The Hall–Kier alpha value is -1.63. The van der Waals surface area contributed by atoms with Crippen molar-refractivity contribution in [2.75, 3.05) is 18.9 Å². The van der Waals surface area contributed by atoms with Gasteiger partial charge in [-0.3, -0.25) is 4.79 Å². The zero-order chi connectivity index (χ0) is 13.7.